The highest BCUT2D eigenvalue weighted by atomic mass is 16.5. The molecular formula is C21H22N2O4. The Labute approximate surface area is 158 Å². The maximum Gasteiger partial charge on any atom is 0.338 e. The number of rotatable bonds is 4. The van der Waals surface area contributed by atoms with E-state index in [4.69, 9.17) is 4.74 Å². The molecule has 0 fully saturated rings. The summed E-state index contributed by atoms with van der Waals surface area (Å²) >= 11 is 0. The monoisotopic (exact) mass is 366 g/mol. The molecule has 1 unspecified atom stereocenters. The largest absolute Gasteiger partial charge is 0.452 e. The molecule has 1 aliphatic heterocycles. The number of nitrogens with one attached hydrogen (secondary N) is 1. The molecule has 2 aromatic carbocycles. The molecule has 0 spiro atoms. The average Bonchev–Trinajstić information content (AvgIpc) is 2.80. The summed E-state index contributed by atoms with van der Waals surface area (Å²) in [6.45, 7) is 3.44. The topological polar surface area (TPSA) is 75.7 Å². The molecule has 0 saturated heterocycles. The number of nitrogens with zero attached hydrogens (tertiary/aromatic N) is 1. The van der Waals surface area contributed by atoms with E-state index >= 15 is 0 Å². The van der Waals surface area contributed by atoms with Gasteiger partial charge in [-0.1, -0.05) is 31.2 Å². The highest BCUT2D eigenvalue weighted by Crippen LogP contribution is 2.31. The highest BCUT2D eigenvalue weighted by Gasteiger charge is 2.30. The molecule has 1 atom stereocenters. The lowest BCUT2D eigenvalue weighted by Gasteiger charge is -2.27. The number of carbonyl (C=O) groups excluding carboxylic acids is 3. The molecule has 6 nitrogen and oxygen atoms in total. The summed E-state index contributed by atoms with van der Waals surface area (Å²) in [6, 6.07) is 13.9. The van der Waals surface area contributed by atoms with E-state index in [1.807, 2.05) is 19.1 Å². The van der Waals surface area contributed by atoms with Gasteiger partial charge in [-0.3, -0.25) is 9.59 Å². The summed E-state index contributed by atoms with van der Waals surface area (Å²) < 4.78 is 5.21. The minimum atomic E-state index is -0.545. The smallest absolute Gasteiger partial charge is 0.338 e. The number of carbonyl (C=O) groups is 3. The first-order valence-corrected chi connectivity index (χ1v) is 8.96. The molecule has 0 radical (unpaired) electrons. The van der Waals surface area contributed by atoms with E-state index in [-0.39, 0.29) is 30.9 Å². The van der Waals surface area contributed by atoms with Gasteiger partial charge in [0.25, 0.3) is 5.91 Å². The summed E-state index contributed by atoms with van der Waals surface area (Å²) in [4.78, 5) is 38.5. The Morgan fingerprint density at radius 3 is 2.56 bits per heavy atom. The second-order valence-electron chi connectivity index (χ2n) is 6.51. The Morgan fingerprint density at radius 1 is 1.15 bits per heavy atom. The van der Waals surface area contributed by atoms with E-state index < -0.39 is 5.97 Å². The van der Waals surface area contributed by atoms with Crippen molar-refractivity contribution >= 4 is 29.2 Å². The van der Waals surface area contributed by atoms with Gasteiger partial charge >= 0.3 is 5.97 Å². The third-order valence-electron chi connectivity index (χ3n) is 4.55. The first-order valence-electron chi connectivity index (χ1n) is 8.96. The Bertz CT molecular complexity index is 861. The van der Waals surface area contributed by atoms with E-state index in [1.165, 1.54) is 4.90 Å². The lowest BCUT2D eigenvalue weighted by atomic mass is 10.1. The van der Waals surface area contributed by atoms with Crippen LogP contribution in [0.25, 0.3) is 0 Å². The SMILES string of the molecule is CCc1ccc(C(=O)OCC(=O)N2c3ccccc3NC(=O)CC2C)cc1. The van der Waals surface area contributed by atoms with Crippen molar-refractivity contribution in [1.29, 1.82) is 0 Å². The van der Waals surface area contributed by atoms with Crippen LogP contribution in [0.3, 0.4) is 0 Å². The zero-order valence-electron chi connectivity index (χ0n) is 15.4. The number of hydrogen-bond acceptors (Lipinski definition) is 4. The molecule has 3 rings (SSSR count). The number of ether oxygens (including phenoxy) is 1. The van der Waals surface area contributed by atoms with Crippen molar-refractivity contribution in [3.8, 4) is 0 Å². The van der Waals surface area contributed by atoms with Crippen LogP contribution in [0.15, 0.2) is 48.5 Å². The molecule has 140 valence electrons. The van der Waals surface area contributed by atoms with Gasteiger partial charge in [-0.15, -0.1) is 0 Å². The third kappa shape index (κ3) is 4.16. The molecule has 0 saturated carbocycles. The average molecular weight is 366 g/mol. The van der Waals surface area contributed by atoms with Gasteiger partial charge in [0, 0.05) is 12.5 Å². The fraction of sp³-hybridized carbons (Fsp3) is 0.286. The Balaban J connectivity index is 1.72. The fourth-order valence-electron chi connectivity index (χ4n) is 3.12. The minimum absolute atomic E-state index is 0.154. The molecule has 1 heterocycles. The summed E-state index contributed by atoms with van der Waals surface area (Å²) in [5.74, 6) is -1.07. The first kappa shape index (κ1) is 18.6. The molecule has 2 aromatic rings. The summed E-state index contributed by atoms with van der Waals surface area (Å²) in [7, 11) is 0. The number of hydrogen-bond donors (Lipinski definition) is 1. The Hall–Kier alpha value is -3.15. The van der Waals surface area contributed by atoms with Crippen LogP contribution in [-0.2, 0) is 20.7 Å². The van der Waals surface area contributed by atoms with Crippen LogP contribution in [0, 0.1) is 0 Å². The molecular weight excluding hydrogens is 344 g/mol. The van der Waals surface area contributed by atoms with Crippen LogP contribution in [0.2, 0.25) is 0 Å². The van der Waals surface area contributed by atoms with Gasteiger partial charge in [-0.05, 0) is 43.2 Å². The van der Waals surface area contributed by atoms with Gasteiger partial charge in [-0.25, -0.2) is 4.79 Å². The molecule has 0 bridgehead atoms. The van der Waals surface area contributed by atoms with E-state index in [0.29, 0.717) is 16.9 Å². The summed E-state index contributed by atoms with van der Waals surface area (Å²) in [5.41, 5.74) is 2.70. The summed E-state index contributed by atoms with van der Waals surface area (Å²) in [5, 5.41) is 2.80. The lowest BCUT2D eigenvalue weighted by Crippen LogP contribution is -2.41. The zero-order valence-corrected chi connectivity index (χ0v) is 15.4. The molecule has 1 aliphatic rings. The molecule has 1 N–H and O–H groups in total. The lowest BCUT2D eigenvalue weighted by molar-refractivity contribution is -0.122. The van der Waals surface area contributed by atoms with Gasteiger partial charge in [0.05, 0.1) is 16.9 Å². The van der Waals surface area contributed by atoms with Crippen molar-refractivity contribution in [1.82, 2.24) is 0 Å². The Kier molecular flexibility index (Phi) is 5.54. The van der Waals surface area contributed by atoms with Crippen molar-refractivity contribution < 1.29 is 19.1 Å². The zero-order chi connectivity index (χ0) is 19.4. The van der Waals surface area contributed by atoms with Crippen molar-refractivity contribution in [2.45, 2.75) is 32.7 Å². The van der Waals surface area contributed by atoms with Crippen LogP contribution in [0.5, 0.6) is 0 Å². The normalized spacial score (nSPS) is 16.1. The number of esters is 1. The van der Waals surface area contributed by atoms with Crippen LogP contribution < -0.4 is 10.2 Å². The Morgan fingerprint density at radius 2 is 1.85 bits per heavy atom. The number of aryl methyl sites for hydroxylation is 1. The molecule has 2 amide bonds. The van der Waals surface area contributed by atoms with Gasteiger partial charge in [0.1, 0.15) is 0 Å². The fourth-order valence-corrected chi connectivity index (χ4v) is 3.12. The van der Waals surface area contributed by atoms with E-state index in [9.17, 15) is 14.4 Å². The molecule has 0 aliphatic carbocycles. The van der Waals surface area contributed by atoms with Crippen LogP contribution >= 0.6 is 0 Å². The first-order chi connectivity index (χ1) is 13.0. The van der Waals surface area contributed by atoms with Crippen LogP contribution in [-0.4, -0.2) is 30.4 Å². The van der Waals surface area contributed by atoms with Crippen molar-refractivity contribution in [3.63, 3.8) is 0 Å². The van der Waals surface area contributed by atoms with Crippen molar-refractivity contribution in [3.05, 3.63) is 59.7 Å². The van der Waals surface area contributed by atoms with Gasteiger partial charge < -0.3 is 15.0 Å². The minimum Gasteiger partial charge on any atom is -0.452 e. The third-order valence-corrected chi connectivity index (χ3v) is 4.55. The number of anilines is 2. The predicted molar refractivity (Wildman–Crippen MR) is 103 cm³/mol. The maximum atomic E-state index is 12.8. The second kappa shape index (κ2) is 8.03. The maximum absolute atomic E-state index is 12.8. The molecule has 6 heteroatoms. The summed E-state index contributed by atoms with van der Waals surface area (Å²) in [6.07, 6.45) is 1.06. The van der Waals surface area contributed by atoms with Crippen LogP contribution in [0.1, 0.15) is 36.2 Å². The molecule has 27 heavy (non-hydrogen) atoms. The van der Waals surface area contributed by atoms with Crippen LogP contribution in [0.4, 0.5) is 11.4 Å². The van der Waals surface area contributed by atoms with Gasteiger partial charge in [-0.2, -0.15) is 0 Å². The number of amides is 2. The highest BCUT2D eigenvalue weighted by molar-refractivity contribution is 6.05. The molecule has 0 aromatic heterocycles. The number of fused-ring (bicyclic) bond motifs is 1. The number of para-hydroxylation sites is 2. The van der Waals surface area contributed by atoms with Gasteiger partial charge in [0.2, 0.25) is 5.91 Å². The van der Waals surface area contributed by atoms with E-state index in [1.54, 1.807) is 43.3 Å². The van der Waals surface area contributed by atoms with Crippen molar-refractivity contribution in [2.24, 2.45) is 0 Å². The number of benzene rings is 2. The van der Waals surface area contributed by atoms with Gasteiger partial charge in [0.15, 0.2) is 6.61 Å². The van der Waals surface area contributed by atoms with E-state index in [2.05, 4.69) is 5.32 Å². The quantitative estimate of drug-likeness (QED) is 0.844. The van der Waals surface area contributed by atoms with E-state index in [0.717, 1.165) is 12.0 Å². The standard InChI is InChI=1S/C21H22N2O4/c1-3-15-8-10-16(11-9-15)21(26)27-13-20(25)23-14(2)12-19(24)22-17-6-4-5-7-18(17)23/h4-11,14H,3,12-13H2,1-2H3,(H,22,24). The van der Waals surface area contributed by atoms with Crippen molar-refractivity contribution in [2.75, 3.05) is 16.8 Å². The predicted octanol–water partition coefficient (Wildman–Crippen LogP) is 3.17. The second-order valence-corrected chi connectivity index (χ2v) is 6.51.